The van der Waals surface area contributed by atoms with Crippen molar-refractivity contribution in [3.05, 3.63) is 23.8 Å². The summed E-state index contributed by atoms with van der Waals surface area (Å²) in [6, 6.07) is 5.28. The van der Waals surface area contributed by atoms with Crippen LogP contribution in [0, 0.1) is 0 Å². The number of carbonyl (C=O) groups excluding carboxylic acids is 1. The fourth-order valence-corrected chi connectivity index (χ4v) is 2.25. The lowest BCUT2D eigenvalue weighted by atomic mass is 9.95. The van der Waals surface area contributed by atoms with Gasteiger partial charge in [-0.25, -0.2) is 0 Å². The molecular formula is C16H27ClN2O3. The number of ether oxygens (including phenoxy) is 2. The molecule has 5 nitrogen and oxygen atoms in total. The molecule has 0 bridgehead atoms. The molecule has 0 saturated carbocycles. The minimum Gasteiger partial charge on any atom is -0.497 e. The first-order valence-corrected chi connectivity index (χ1v) is 7.17. The van der Waals surface area contributed by atoms with Gasteiger partial charge in [-0.1, -0.05) is 13.3 Å². The van der Waals surface area contributed by atoms with Gasteiger partial charge in [0.25, 0.3) is 0 Å². The Kier molecular flexibility index (Phi) is 8.27. The molecule has 22 heavy (non-hydrogen) atoms. The van der Waals surface area contributed by atoms with Crippen LogP contribution in [-0.4, -0.2) is 25.7 Å². The van der Waals surface area contributed by atoms with Crippen molar-refractivity contribution in [3.63, 3.8) is 0 Å². The van der Waals surface area contributed by atoms with Gasteiger partial charge in [-0.2, -0.15) is 0 Å². The molecule has 2 unspecified atom stereocenters. The Balaban J connectivity index is 0.00000441. The Morgan fingerprint density at radius 2 is 2.00 bits per heavy atom. The predicted octanol–water partition coefficient (Wildman–Crippen LogP) is 2.82. The van der Waals surface area contributed by atoms with E-state index in [1.807, 2.05) is 32.0 Å². The molecule has 0 fully saturated rings. The van der Waals surface area contributed by atoms with Gasteiger partial charge in [-0.15, -0.1) is 12.4 Å². The molecule has 0 heterocycles. The summed E-state index contributed by atoms with van der Waals surface area (Å²) in [5, 5.41) is 2.95. The molecule has 3 N–H and O–H groups in total. The number of hydrogen-bond acceptors (Lipinski definition) is 4. The lowest BCUT2D eigenvalue weighted by Gasteiger charge is -2.26. The minimum absolute atomic E-state index is 0. The Morgan fingerprint density at radius 3 is 2.50 bits per heavy atom. The number of rotatable bonds is 7. The fourth-order valence-electron chi connectivity index (χ4n) is 2.25. The summed E-state index contributed by atoms with van der Waals surface area (Å²) in [5.74, 6) is 1.26. The van der Waals surface area contributed by atoms with Crippen LogP contribution in [0.25, 0.3) is 0 Å². The molecule has 1 aromatic carbocycles. The highest BCUT2D eigenvalue weighted by Gasteiger charge is 2.29. The molecule has 0 aliphatic carbocycles. The van der Waals surface area contributed by atoms with Crippen molar-refractivity contribution in [2.75, 3.05) is 14.2 Å². The molecule has 0 radical (unpaired) electrons. The van der Waals surface area contributed by atoms with Crippen LogP contribution in [0.4, 0.5) is 0 Å². The smallest absolute Gasteiger partial charge is 0.240 e. The highest BCUT2D eigenvalue weighted by Crippen LogP contribution is 2.29. The summed E-state index contributed by atoms with van der Waals surface area (Å²) >= 11 is 0. The minimum atomic E-state index is -0.866. The van der Waals surface area contributed by atoms with Gasteiger partial charge >= 0.3 is 0 Å². The van der Waals surface area contributed by atoms with Gasteiger partial charge in [0.1, 0.15) is 11.5 Å². The third-order valence-electron chi connectivity index (χ3n) is 3.54. The zero-order chi connectivity index (χ0) is 16.0. The Hall–Kier alpha value is -1.46. The van der Waals surface area contributed by atoms with Crippen molar-refractivity contribution in [1.82, 2.24) is 5.32 Å². The molecule has 126 valence electrons. The fraction of sp³-hybridized carbons (Fsp3) is 0.562. The van der Waals surface area contributed by atoms with Gasteiger partial charge in [0.15, 0.2) is 0 Å². The second kappa shape index (κ2) is 8.86. The third-order valence-corrected chi connectivity index (χ3v) is 3.54. The topological polar surface area (TPSA) is 73.6 Å². The first-order chi connectivity index (χ1) is 9.85. The van der Waals surface area contributed by atoms with Crippen LogP contribution >= 0.6 is 12.4 Å². The number of benzene rings is 1. The van der Waals surface area contributed by atoms with Crippen LogP contribution in [0.1, 0.15) is 45.2 Å². The molecule has 1 rings (SSSR count). The number of methoxy groups -OCH3 is 2. The number of hydrogen-bond donors (Lipinski definition) is 2. The van der Waals surface area contributed by atoms with Crippen molar-refractivity contribution in [2.24, 2.45) is 5.73 Å². The second-order valence-electron chi connectivity index (χ2n) is 5.47. The van der Waals surface area contributed by atoms with E-state index in [2.05, 4.69) is 5.32 Å². The average Bonchev–Trinajstić information content (AvgIpc) is 2.46. The van der Waals surface area contributed by atoms with Crippen molar-refractivity contribution < 1.29 is 14.3 Å². The largest absolute Gasteiger partial charge is 0.497 e. The molecule has 1 amide bonds. The van der Waals surface area contributed by atoms with Crippen LogP contribution in [-0.2, 0) is 4.79 Å². The number of nitrogens with one attached hydrogen (secondary N) is 1. The van der Waals surface area contributed by atoms with E-state index in [1.54, 1.807) is 21.1 Å². The lowest BCUT2D eigenvalue weighted by Crippen LogP contribution is -2.52. The monoisotopic (exact) mass is 330 g/mol. The summed E-state index contributed by atoms with van der Waals surface area (Å²) < 4.78 is 10.6. The van der Waals surface area contributed by atoms with Gasteiger partial charge < -0.3 is 20.5 Å². The van der Waals surface area contributed by atoms with Crippen molar-refractivity contribution >= 4 is 18.3 Å². The van der Waals surface area contributed by atoms with E-state index in [1.165, 1.54) is 0 Å². The molecule has 0 aliphatic rings. The van der Waals surface area contributed by atoms with E-state index in [4.69, 9.17) is 15.2 Å². The van der Waals surface area contributed by atoms with Crippen molar-refractivity contribution in [2.45, 2.75) is 45.2 Å². The Morgan fingerprint density at radius 1 is 1.36 bits per heavy atom. The molecular weight excluding hydrogens is 304 g/mol. The zero-order valence-corrected chi connectivity index (χ0v) is 14.8. The Labute approximate surface area is 139 Å². The number of amides is 1. The summed E-state index contributed by atoms with van der Waals surface area (Å²) in [6.07, 6.45) is 1.50. The standard InChI is InChI=1S/C16H26N2O3.ClH/c1-6-9-16(3,17)15(19)18-11(2)13-10-12(20-4)7-8-14(13)21-5;/h7-8,10-11H,6,9,17H2,1-5H3,(H,18,19);1H. The van der Waals surface area contributed by atoms with E-state index in [0.717, 1.165) is 17.7 Å². The first kappa shape index (κ1) is 20.5. The molecule has 1 aromatic rings. The molecule has 0 spiro atoms. The van der Waals surface area contributed by atoms with Gasteiger partial charge in [0, 0.05) is 5.56 Å². The van der Waals surface area contributed by atoms with E-state index in [0.29, 0.717) is 12.2 Å². The molecule has 6 heteroatoms. The average molecular weight is 331 g/mol. The highest BCUT2D eigenvalue weighted by molar-refractivity contribution is 5.86. The maximum atomic E-state index is 12.3. The van der Waals surface area contributed by atoms with E-state index < -0.39 is 5.54 Å². The summed E-state index contributed by atoms with van der Waals surface area (Å²) in [6.45, 7) is 5.66. The predicted molar refractivity (Wildman–Crippen MR) is 90.9 cm³/mol. The maximum Gasteiger partial charge on any atom is 0.240 e. The van der Waals surface area contributed by atoms with Crippen LogP contribution < -0.4 is 20.5 Å². The van der Waals surface area contributed by atoms with Crippen LogP contribution in [0.3, 0.4) is 0 Å². The zero-order valence-electron chi connectivity index (χ0n) is 13.9. The van der Waals surface area contributed by atoms with Gasteiger partial charge in [-0.3, -0.25) is 4.79 Å². The number of carbonyl (C=O) groups is 1. The second-order valence-corrected chi connectivity index (χ2v) is 5.47. The van der Waals surface area contributed by atoms with Gasteiger partial charge in [0.2, 0.25) is 5.91 Å². The summed E-state index contributed by atoms with van der Waals surface area (Å²) in [5.41, 5.74) is 6.05. The Bertz CT molecular complexity index is 492. The van der Waals surface area contributed by atoms with Crippen LogP contribution in [0.15, 0.2) is 18.2 Å². The SMILES string of the molecule is CCCC(C)(N)C(=O)NC(C)c1cc(OC)ccc1OC.Cl. The molecule has 0 aromatic heterocycles. The van der Waals surface area contributed by atoms with Gasteiger partial charge in [-0.05, 0) is 38.5 Å². The third kappa shape index (κ3) is 5.07. The highest BCUT2D eigenvalue weighted by atomic mass is 35.5. The van der Waals surface area contributed by atoms with Crippen molar-refractivity contribution in [1.29, 1.82) is 0 Å². The quantitative estimate of drug-likeness (QED) is 0.806. The van der Waals surface area contributed by atoms with Crippen molar-refractivity contribution in [3.8, 4) is 11.5 Å². The van der Waals surface area contributed by atoms with E-state index >= 15 is 0 Å². The maximum absolute atomic E-state index is 12.3. The lowest BCUT2D eigenvalue weighted by molar-refractivity contribution is -0.126. The van der Waals surface area contributed by atoms with Gasteiger partial charge in [0.05, 0.1) is 25.8 Å². The van der Waals surface area contributed by atoms with E-state index in [9.17, 15) is 4.79 Å². The molecule has 0 aliphatic heterocycles. The summed E-state index contributed by atoms with van der Waals surface area (Å²) in [4.78, 5) is 12.3. The molecule has 2 atom stereocenters. The van der Waals surface area contributed by atoms with Crippen LogP contribution in [0.5, 0.6) is 11.5 Å². The first-order valence-electron chi connectivity index (χ1n) is 7.17. The number of halogens is 1. The number of nitrogens with two attached hydrogens (primary N) is 1. The van der Waals surface area contributed by atoms with Crippen LogP contribution in [0.2, 0.25) is 0 Å². The summed E-state index contributed by atoms with van der Waals surface area (Å²) in [7, 11) is 3.21. The normalized spacial score (nSPS) is 14.3. The molecule has 0 saturated heterocycles. The van der Waals surface area contributed by atoms with E-state index in [-0.39, 0.29) is 24.4 Å².